The number of hydrogen-bond donors (Lipinski definition) is 2. The van der Waals surface area contributed by atoms with Gasteiger partial charge in [0.1, 0.15) is 18.9 Å². The first-order valence-electron chi connectivity index (χ1n) is 11.3. The van der Waals surface area contributed by atoms with Crippen molar-refractivity contribution in [1.29, 1.82) is 0 Å². The third-order valence-electron chi connectivity index (χ3n) is 6.63. The van der Waals surface area contributed by atoms with Crippen LogP contribution in [0.4, 0.5) is 28.4 Å². The summed E-state index contributed by atoms with van der Waals surface area (Å²) in [5.41, 5.74) is -0.142. The van der Waals surface area contributed by atoms with Gasteiger partial charge in [0, 0.05) is 24.7 Å². The number of thiophene rings is 1. The Hall–Kier alpha value is -3.81. The number of carbonyl (C=O) groups excluding carboxylic acids is 4. The lowest BCUT2D eigenvalue weighted by Crippen LogP contribution is -2.53. The van der Waals surface area contributed by atoms with Gasteiger partial charge in [-0.2, -0.15) is 13.2 Å². The predicted octanol–water partition coefficient (Wildman–Crippen LogP) is 2.97. The number of urea groups is 1. The van der Waals surface area contributed by atoms with E-state index in [1.165, 1.54) is 13.1 Å². The van der Waals surface area contributed by atoms with E-state index in [1.54, 1.807) is 23.6 Å². The molecule has 1 spiro atoms. The lowest BCUT2D eigenvalue weighted by atomic mass is 9.94. The van der Waals surface area contributed by atoms with Crippen molar-refractivity contribution in [3.8, 4) is 5.75 Å². The van der Waals surface area contributed by atoms with E-state index in [9.17, 15) is 32.3 Å². The second-order valence-electron chi connectivity index (χ2n) is 8.76. The van der Waals surface area contributed by atoms with Gasteiger partial charge in [-0.1, -0.05) is 6.07 Å². The Labute approximate surface area is 212 Å². The van der Waals surface area contributed by atoms with Gasteiger partial charge in [-0.05, 0) is 35.6 Å². The maximum atomic E-state index is 13.8. The molecule has 2 atom stereocenters. The number of benzene rings is 1. The lowest BCUT2D eigenvalue weighted by molar-refractivity contribution is -0.195. The number of rotatable bonds is 3. The molecule has 0 radical (unpaired) electrons. The minimum atomic E-state index is -4.79. The highest BCUT2D eigenvalue weighted by Crippen LogP contribution is 2.46. The second-order valence-corrected chi connectivity index (χ2v) is 9.76. The molecule has 0 bridgehead atoms. The van der Waals surface area contributed by atoms with E-state index >= 15 is 0 Å². The number of carbonyl (C=O) groups is 4. The fraction of sp³-hybridized carbons (Fsp3) is 0.391. The smallest absolute Gasteiger partial charge is 0.418 e. The third kappa shape index (κ3) is 4.24. The first kappa shape index (κ1) is 24.9. The van der Waals surface area contributed by atoms with Crippen molar-refractivity contribution in [2.24, 2.45) is 0 Å². The number of hydrogen-bond acceptors (Lipinski definition) is 7. The Balaban J connectivity index is 1.38. The molecule has 3 aliphatic rings. The number of nitrogens with zero attached hydrogens (tertiary/aromatic N) is 2. The van der Waals surface area contributed by atoms with Gasteiger partial charge in [0.25, 0.3) is 5.91 Å². The molecule has 5 rings (SSSR count). The third-order valence-corrected chi connectivity index (χ3v) is 7.51. The van der Waals surface area contributed by atoms with Crippen molar-refractivity contribution in [3.63, 3.8) is 0 Å². The predicted molar refractivity (Wildman–Crippen MR) is 123 cm³/mol. The molecule has 5 amide bonds. The largest absolute Gasteiger partial charge is 0.490 e. The summed E-state index contributed by atoms with van der Waals surface area (Å²) in [6.07, 6.45) is -5.45. The van der Waals surface area contributed by atoms with Crippen molar-refractivity contribution in [2.45, 2.75) is 37.2 Å². The minimum absolute atomic E-state index is 0.0995. The van der Waals surface area contributed by atoms with Crippen LogP contribution in [0.15, 0.2) is 29.6 Å². The Morgan fingerprint density at radius 2 is 2.03 bits per heavy atom. The van der Waals surface area contributed by atoms with Gasteiger partial charge in [-0.3, -0.25) is 9.59 Å². The SMILES string of the molecule is CNC(=O)Nc1ccc2c(c1)CC[C@]21OC(=O)N(CC(=O)N2Cc3sccc3OC[C@H]2C(F)(F)F)C1=O. The molecule has 1 aromatic heterocycles. The zero-order valence-corrected chi connectivity index (χ0v) is 20.2. The van der Waals surface area contributed by atoms with Gasteiger partial charge in [-0.15, -0.1) is 11.3 Å². The number of imide groups is 1. The Morgan fingerprint density at radius 1 is 1.24 bits per heavy atom. The van der Waals surface area contributed by atoms with Crippen molar-refractivity contribution < 1.29 is 41.8 Å². The molecule has 2 aliphatic heterocycles. The van der Waals surface area contributed by atoms with Gasteiger partial charge in [0.15, 0.2) is 6.04 Å². The Kier molecular flexibility index (Phi) is 6.01. The lowest BCUT2D eigenvalue weighted by Gasteiger charge is -2.31. The molecule has 3 heterocycles. The van der Waals surface area contributed by atoms with Crippen molar-refractivity contribution in [1.82, 2.24) is 15.1 Å². The number of amides is 5. The molecule has 1 aromatic carbocycles. The average Bonchev–Trinajstić information content (AvgIpc) is 3.46. The summed E-state index contributed by atoms with van der Waals surface area (Å²) >= 11 is 1.14. The number of nitrogens with one attached hydrogen (secondary N) is 2. The Morgan fingerprint density at radius 3 is 2.76 bits per heavy atom. The van der Waals surface area contributed by atoms with Gasteiger partial charge in [0.2, 0.25) is 11.5 Å². The van der Waals surface area contributed by atoms with Crippen LogP contribution in [0.2, 0.25) is 0 Å². The van der Waals surface area contributed by atoms with Crippen LogP contribution < -0.4 is 15.4 Å². The molecular weight excluding hydrogens is 517 g/mol. The summed E-state index contributed by atoms with van der Waals surface area (Å²) in [5, 5.41) is 6.67. The van der Waals surface area contributed by atoms with Gasteiger partial charge >= 0.3 is 18.3 Å². The first-order valence-corrected chi connectivity index (χ1v) is 12.1. The van der Waals surface area contributed by atoms with Crippen LogP contribution in [0.3, 0.4) is 0 Å². The van der Waals surface area contributed by atoms with E-state index in [-0.39, 0.29) is 18.7 Å². The fourth-order valence-corrected chi connectivity index (χ4v) is 5.59. The zero-order chi connectivity index (χ0) is 26.5. The first-order chi connectivity index (χ1) is 17.5. The number of halogens is 3. The summed E-state index contributed by atoms with van der Waals surface area (Å²) in [5.74, 6) is -1.61. The molecule has 2 N–H and O–H groups in total. The molecule has 196 valence electrons. The maximum absolute atomic E-state index is 13.8. The quantitative estimate of drug-likeness (QED) is 0.621. The van der Waals surface area contributed by atoms with Gasteiger partial charge < -0.3 is 25.0 Å². The molecule has 10 nitrogen and oxygen atoms in total. The van der Waals surface area contributed by atoms with E-state index in [1.807, 2.05) is 0 Å². The van der Waals surface area contributed by atoms with Crippen molar-refractivity contribution in [3.05, 3.63) is 45.6 Å². The summed E-state index contributed by atoms with van der Waals surface area (Å²) < 4.78 is 52.1. The number of alkyl halides is 3. The second kappa shape index (κ2) is 8.94. The molecular formula is C23H21F3N4O6S. The summed E-state index contributed by atoms with van der Waals surface area (Å²) in [6, 6.07) is 3.58. The highest BCUT2D eigenvalue weighted by molar-refractivity contribution is 7.10. The summed E-state index contributed by atoms with van der Waals surface area (Å²) in [6.45, 7) is -2.08. The van der Waals surface area contributed by atoms with Crippen LogP contribution in [-0.2, 0) is 32.9 Å². The normalized spacial score (nSPS) is 22.8. The monoisotopic (exact) mass is 538 g/mol. The van der Waals surface area contributed by atoms with Gasteiger partial charge in [-0.25, -0.2) is 14.5 Å². The Bertz CT molecular complexity index is 1300. The maximum Gasteiger partial charge on any atom is 0.418 e. The van der Waals surface area contributed by atoms with Crippen molar-refractivity contribution >= 4 is 41.0 Å². The zero-order valence-electron chi connectivity index (χ0n) is 19.4. The highest BCUT2D eigenvalue weighted by Gasteiger charge is 2.59. The molecule has 0 saturated carbocycles. The van der Waals surface area contributed by atoms with Crippen LogP contribution >= 0.6 is 11.3 Å². The van der Waals surface area contributed by atoms with Gasteiger partial charge in [0.05, 0.1) is 11.4 Å². The van der Waals surface area contributed by atoms with E-state index in [0.717, 1.165) is 11.3 Å². The highest BCUT2D eigenvalue weighted by atomic mass is 32.1. The number of fused-ring (bicyclic) bond motifs is 3. The molecule has 14 heteroatoms. The standard InChI is InChI=1S/C23H21F3N4O6S/c1-27-20(33)28-13-2-3-14-12(8-13)4-6-22(14)19(32)30(21(34)36-22)10-18(31)29-9-16-15(5-7-37-16)35-11-17(29)23(24,25)26/h2-3,5,7-8,17H,4,6,9-11H2,1H3,(H2,27,28,33)/t17-,22-/m0/s1. The van der Waals surface area contributed by atoms with Crippen molar-refractivity contribution in [2.75, 3.05) is 25.5 Å². The summed E-state index contributed by atoms with van der Waals surface area (Å²) in [4.78, 5) is 52.5. The van der Waals surface area contributed by atoms with E-state index in [2.05, 4.69) is 10.6 Å². The molecule has 2 aromatic rings. The van der Waals surface area contributed by atoms with E-state index < -0.39 is 54.9 Å². The van der Waals surface area contributed by atoms with Crippen LogP contribution in [0.5, 0.6) is 5.75 Å². The molecule has 0 unspecified atom stereocenters. The molecule has 1 fully saturated rings. The number of aryl methyl sites for hydroxylation is 1. The number of ether oxygens (including phenoxy) is 2. The van der Waals surface area contributed by atoms with Crippen LogP contribution in [0.1, 0.15) is 22.4 Å². The molecule has 1 aliphatic carbocycles. The molecule has 37 heavy (non-hydrogen) atoms. The fourth-order valence-electron chi connectivity index (χ4n) is 4.78. The minimum Gasteiger partial charge on any atom is -0.490 e. The van der Waals surface area contributed by atoms with Crippen LogP contribution in [0, 0.1) is 0 Å². The molecule has 1 saturated heterocycles. The topological polar surface area (TPSA) is 117 Å². The van der Waals surface area contributed by atoms with Crippen LogP contribution in [0.25, 0.3) is 0 Å². The van der Waals surface area contributed by atoms with Crippen LogP contribution in [-0.4, -0.2) is 66.2 Å². The summed E-state index contributed by atoms with van der Waals surface area (Å²) in [7, 11) is 1.46. The number of anilines is 1. The van der Waals surface area contributed by atoms with E-state index in [0.29, 0.717) is 37.9 Å². The average molecular weight is 539 g/mol. The van der Waals surface area contributed by atoms with E-state index in [4.69, 9.17) is 9.47 Å².